The van der Waals surface area contributed by atoms with Crippen LogP contribution in [0.15, 0.2) is 23.8 Å². The van der Waals surface area contributed by atoms with Crippen molar-refractivity contribution in [2.75, 3.05) is 0 Å². The predicted molar refractivity (Wildman–Crippen MR) is 114 cm³/mol. The highest BCUT2D eigenvalue weighted by molar-refractivity contribution is 6.53. The van der Waals surface area contributed by atoms with Crippen molar-refractivity contribution in [1.82, 2.24) is 0 Å². The fourth-order valence-electron chi connectivity index (χ4n) is 6.81. The molecule has 0 bridgehead atoms. The summed E-state index contributed by atoms with van der Waals surface area (Å²) in [5, 5.41) is 9.69. The number of carboxylic acid groups (broad SMARTS) is 1. The third-order valence-corrected chi connectivity index (χ3v) is 8.93. The standard InChI is InChI=1S/C22H23Cl3O6/c1-20-5-3-10(26)7-13(20)14(23)8-11-12-4-6-22(19(29)30,31-18(28)17(24)25)21(12,2)9-15(27)16(11)20/h3,5,7,11-12,14,16-17H,4,6,8-9H2,1-2H3,(H,29,30)/t11-,12-,14-,16+,20-,21-,22-/m0/s1. The zero-order chi connectivity index (χ0) is 22.9. The molecule has 0 aromatic carbocycles. The second kappa shape index (κ2) is 7.32. The number of alkyl halides is 3. The summed E-state index contributed by atoms with van der Waals surface area (Å²) >= 11 is 18.0. The van der Waals surface area contributed by atoms with Gasteiger partial charge in [-0.15, -0.1) is 11.6 Å². The normalized spacial score (nSPS) is 43.7. The molecule has 0 saturated heterocycles. The van der Waals surface area contributed by atoms with Gasteiger partial charge in [0.05, 0.1) is 5.38 Å². The first-order valence-corrected chi connectivity index (χ1v) is 11.5. The molecule has 0 radical (unpaired) electrons. The molecule has 0 amide bonds. The van der Waals surface area contributed by atoms with Crippen molar-refractivity contribution >= 4 is 58.3 Å². The van der Waals surface area contributed by atoms with Gasteiger partial charge in [-0.3, -0.25) is 9.59 Å². The topological polar surface area (TPSA) is 97.7 Å². The highest BCUT2D eigenvalue weighted by Gasteiger charge is 2.71. The zero-order valence-corrected chi connectivity index (χ0v) is 19.3. The number of carbonyl (C=O) groups excluding carboxylic acids is 3. The Kier molecular flexibility index (Phi) is 5.39. The summed E-state index contributed by atoms with van der Waals surface area (Å²) in [5.74, 6) is -3.46. The first-order valence-electron chi connectivity index (χ1n) is 10.2. The van der Waals surface area contributed by atoms with Crippen LogP contribution in [0.5, 0.6) is 0 Å². The first kappa shape index (κ1) is 22.8. The lowest BCUT2D eigenvalue weighted by Gasteiger charge is -2.57. The molecule has 31 heavy (non-hydrogen) atoms. The first-order chi connectivity index (χ1) is 14.4. The van der Waals surface area contributed by atoms with E-state index < -0.39 is 44.5 Å². The zero-order valence-electron chi connectivity index (χ0n) is 17.1. The van der Waals surface area contributed by atoms with Gasteiger partial charge in [-0.1, -0.05) is 43.1 Å². The Morgan fingerprint density at radius 1 is 1.26 bits per heavy atom. The van der Waals surface area contributed by atoms with Gasteiger partial charge in [-0.25, -0.2) is 9.59 Å². The van der Waals surface area contributed by atoms with E-state index in [1.165, 1.54) is 12.2 Å². The maximum atomic E-state index is 13.6. The van der Waals surface area contributed by atoms with Crippen LogP contribution in [0.25, 0.3) is 0 Å². The third kappa shape index (κ3) is 3.05. The number of carboxylic acids is 1. The number of fused-ring (bicyclic) bond motifs is 5. The van der Waals surface area contributed by atoms with Gasteiger partial charge in [-0.05, 0) is 48.8 Å². The van der Waals surface area contributed by atoms with E-state index in [0.29, 0.717) is 12.8 Å². The van der Waals surface area contributed by atoms with E-state index in [1.54, 1.807) is 13.0 Å². The maximum absolute atomic E-state index is 13.6. The molecule has 0 aromatic rings. The van der Waals surface area contributed by atoms with Crippen molar-refractivity contribution in [2.45, 2.75) is 55.3 Å². The van der Waals surface area contributed by atoms with E-state index in [9.17, 15) is 24.3 Å². The molecule has 9 heteroatoms. The molecule has 3 saturated carbocycles. The fraction of sp³-hybridized carbons (Fsp3) is 0.636. The van der Waals surface area contributed by atoms with E-state index in [2.05, 4.69) is 0 Å². The molecule has 7 atom stereocenters. The molecular formula is C22H23Cl3O6. The van der Waals surface area contributed by atoms with Crippen LogP contribution in [0.1, 0.15) is 39.5 Å². The Balaban J connectivity index is 1.78. The Morgan fingerprint density at radius 3 is 2.55 bits per heavy atom. The number of esters is 1. The Morgan fingerprint density at radius 2 is 1.94 bits per heavy atom. The lowest BCUT2D eigenvalue weighted by Crippen LogP contribution is -2.62. The van der Waals surface area contributed by atoms with Crippen LogP contribution in [0.4, 0.5) is 0 Å². The van der Waals surface area contributed by atoms with Crippen LogP contribution in [0.2, 0.25) is 0 Å². The summed E-state index contributed by atoms with van der Waals surface area (Å²) in [6, 6.07) is 0. The number of ketones is 2. The van der Waals surface area contributed by atoms with Crippen molar-refractivity contribution in [3.05, 3.63) is 23.8 Å². The molecule has 4 aliphatic carbocycles. The van der Waals surface area contributed by atoms with Crippen LogP contribution in [0, 0.1) is 28.6 Å². The highest BCUT2D eigenvalue weighted by atomic mass is 35.5. The molecule has 6 nitrogen and oxygen atoms in total. The number of rotatable bonds is 3. The number of aliphatic carboxylic acids is 1. The lowest BCUT2D eigenvalue weighted by molar-refractivity contribution is -0.200. The second-order valence-corrected chi connectivity index (χ2v) is 11.1. The summed E-state index contributed by atoms with van der Waals surface area (Å²) < 4.78 is 5.44. The van der Waals surface area contributed by atoms with Gasteiger partial charge in [0, 0.05) is 23.2 Å². The minimum Gasteiger partial charge on any atom is -0.478 e. The third-order valence-electron chi connectivity index (χ3n) is 8.16. The molecule has 0 aromatic heterocycles. The summed E-state index contributed by atoms with van der Waals surface area (Å²) in [5.41, 5.74) is -2.99. The van der Waals surface area contributed by atoms with Crippen LogP contribution in [-0.2, 0) is 23.9 Å². The predicted octanol–water partition coefficient (Wildman–Crippen LogP) is 3.86. The van der Waals surface area contributed by atoms with Gasteiger partial charge in [0.1, 0.15) is 5.78 Å². The molecular weight excluding hydrogens is 467 g/mol. The molecule has 3 fully saturated rings. The Bertz CT molecular complexity index is 942. The molecule has 4 rings (SSSR count). The fourth-order valence-corrected chi connectivity index (χ4v) is 7.40. The van der Waals surface area contributed by atoms with Crippen molar-refractivity contribution in [3.8, 4) is 0 Å². The average molecular weight is 490 g/mol. The minimum absolute atomic E-state index is 0.0624. The summed E-state index contributed by atoms with van der Waals surface area (Å²) in [6.07, 6.45) is 5.66. The second-order valence-electron chi connectivity index (χ2n) is 9.52. The number of hydrogen-bond acceptors (Lipinski definition) is 5. The van der Waals surface area contributed by atoms with Gasteiger partial charge in [-0.2, -0.15) is 0 Å². The van der Waals surface area contributed by atoms with Gasteiger partial charge < -0.3 is 9.84 Å². The highest BCUT2D eigenvalue weighted by Crippen LogP contribution is 2.67. The number of carbonyl (C=O) groups is 4. The van der Waals surface area contributed by atoms with Crippen LogP contribution in [0.3, 0.4) is 0 Å². The smallest absolute Gasteiger partial charge is 0.348 e. The Labute approximate surface area is 194 Å². The largest absolute Gasteiger partial charge is 0.478 e. The molecule has 0 spiro atoms. The maximum Gasteiger partial charge on any atom is 0.348 e. The van der Waals surface area contributed by atoms with Gasteiger partial charge in [0.2, 0.25) is 10.4 Å². The van der Waals surface area contributed by atoms with E-state index in [-0.39, 0.29) is 36.2 Å². The number of allylic oxidation sites excluding steroid dienone is 4. The lowest BCUT2D eigenvalue weighted by atomic mass is 9.46. The van der Waals surface area contributed by atoms with Crippen molar-refractivity contribution in [2.24, 2.45) is 28.6 Å². The number of halogens is 3. The van der Waals surface area contributed by atoms with Crippen molar-refractivity contribution < 1.29 is 29.0 Å². The number of ether oxygens (including phenoxy) is 1. The van der Waals surface area contributed by atoms with Gasteiger partial charge in [0.15, 0.2) is 5.78 Å². The van der Waals surface area contributed by atoms with E-state index >= 15 is 0 Å². The molecule has 0 heterocycles. The van der Waals surface area contributed by atoms with Gasteiger partial charge in [0.25, 0.3) is 0 Å². The SMILES string of the molecule is C[C@]12C=CC(=O)C=C1[C@@H](Cl)C[C@@H]1[C@@H]2C(=O)C[C@@]2(C)[C@H]1CC[C@]2(OC(=O)C(Cl)Cl)C(=O)O. The van der Waals surface area contributed by atoms with E-state index in [1.807, 2.05) is 6.92 Å². The summed E-state index contributed by atoms with van der Waals surface area (Å²) in [6.45, 7) is 3.62. The number of Topliss-reactive ketones (excluding diaryl/α,β-unsaturated/α-hetero) is 1. The molecule has 0 unspecified atom stereocenters. The minimum atomic E-state index is -1.89. The average Bonchev–Trinajstić information content (AvgIpc) is 2.96. The Hall–Kier alpha value is -1.37. The van der Waals surface area contributed by atoms with Gasteiger partial charge >= 0.3 is 11.9 Å². The van der Waals surface area contributed by atoms with Crippen LogP contribution < -0.4 is 0 Å². The van der Waals surface area contributed by atoms with Crippen molar-refractivity contribution in [1.29, 1.82) is 0 Å². The molecule has 168 valence electrons. The number of hydrogen-bond donors (Lipinski definition) is 1. The van der Waals surface area contributed by atoms with E-state index in [4.69, 9.17) is 39.5 Å². The van der Waals surface area contributed by atoms with E-state index in [0.717, 1.165) is 5.57 Å². The molecule has 0 aliphatic heterocycles. The molecule has 4 aliphatic rings. The van der Waals surface area contributed by atoms with Crippen LogP contribution >= 0.6 is 34.8 Å². The quantitative estimate of drug-likeness (QED) is 0.477. The molecule has 1 N–H and O–H groups in total. The summed E-state index contributed by atoms with van der Waals surface area (Å²) in [7, 11) is 0. The summed E-state index contributed by atoms with van der Waals surface area (Å²) in [4.78, 5) is 48.7. The van der Waals surface area contributed by atoms with Crippen LogP contribution in [-0.4, -0.2) is 44.4 Å². The van der Waals surface area contributed by atoms with Crippen molar-refractivity contribution in [3.63, 3.8) is 0 Å². The monoisotopic (exact) mass is 488 g/mol.